The van der Waals surface area contributed by atoms with E-state index in [1.165, 1.54) is 4.90 Å². The largest absolute Gasteiger partial charge is 0.492 e. The third-order valence-electron chi connectivity index (χ3n) is 4.95. The Bertz CT molecular complexity index is 1140. The smallest absolute Gasteiger partial charge is 0.282 e. The summed E-state index contributed by atoms with van der Waals surface area (Å²) in [6.07, 6.45) is 0. The zero-order valence-corrected chi connectivity index (χ0v) is 16.9. The second-order valence-electron chi connectivity index (χ2n) is 6.90. The number of carbonyl (C=O) groups excluding carboxylic acids is 2. The predicted molar refractivity (Wildman–Crippen MR) is 118 cm³/mol. The number of amides is 2. The molecule has 0 atom stereocenters. The fourth-order valence-electron chi connectivity index (χ4n) is 3.54. The molecule has 5 nitrogen and oxygen atoms in total. The van der Waals surface area contributed by atoms with Gasteiger partial charge < -0.3 is 10.1 Å². The number of rotatable bonds is 6. The van der Waals surface area contributed by atoms with E-state index in [1.807, 2.05) is 86.6 Å². The van der Waals surface area contributed by atoms with Crippen molar-refractivity contribution in [3.05, 3.63) is 95.7 Å². The summed E-state index contributed by atoms with van der Waals surface area (Å²) in [5, 5.41) is 3.18. The second kappa shape index (κ2) is 8.25. The van der Waals surface area contributed by atoms with Crippen LogP contribution in [0.25, 0.3) is 5.57 Å². The molecule has 0 aliphatic carbocycles. The molecule has 0 spiro atoms. The highest BCUT2D eigenvalue weighted by Crippen LogP contribution is 2.36. The number of ether oxygens (including phenoxy) is 1. The van der Waals surface area contributed by atoms with Gasteiger partial charge in [0.2, 0.25) is 0 Å². The number of anilines is 2. The Hall–Kier alpha value is -3.86. The van der Waals surface area contributed by atoms with Crippen molar-refractivity contribution in [2.45, 2.75) is 13.8 Å². The van der Waals surface area contributed by atoms with E-state index in [2.05, 4.69) is 5.32 Å². The summed E-state index contributed by atoms with van der Waals surface area (Å²) in [5.41, 5.74) is 3.33. The molecule has 0 fully saturated rings. The van der Waals surface area contributed by atoms with Gasteiger partial charge in [0.05, 0.1) is 23.6 Å². The van der Waals surface area contributed by atoms with Crippen molar-refractivity contribution in [2.24, 2.45) is 0 Å². The molecule has 30 heavy (non-hydrogen) atoms. The molecule has 0 saturated heterocycles. The van der Waals surface area contributed by atoms with Gasteiger partial charge in [0.1, 0.15) is 11.4 Å². The molecule has 1 N–H and O–H groups in total. The average Bonchev–Trinajstić information content (AvgIpc) is 3.00. The monoisotopic (exact) mass is 398 g/mol. The molecule has 3 aromatic carbocycles. The lowest BCUT2D eigenvalue weighted by Gasteiger charge is -2.18. The first-order chi connectivity index (χ1) is 14.6. The van der Waals surface area contributed by atoms with E-state index in [4.69, 9.17) is 4.74 Å². The van der Waals surface area contributed by atoms with Gasteiger partial charge in [-0.3, -0.25) is 9.59 Å². The van der Waals surface area contributed by atoms with E-state index in [9.17, 15) is 9.59 Å². The van der Waals surface area contributed by atoms with E-state index in [-0.39, 0.29) is 17.5 Å². The van der Waals surface area contributed by atoms with Crippen LogP contribution in [0.4, 0.5) is 11.4 Å². The van der Waals surface area contributed by atoms with Gasteiger partial charge in [0.15, 0.2) is 0 Å². The number of carbonyl (C=O) groups is 2. The molecule has 3 aromatic rings. The lowest BCUT2D eigenvalue weighted by atomic mass is 10.0. The third kappa shape index (κ3) is 3.46. The van der Waals surface area contributed by atoms with E-state index in [0.29, 0.717) is 34.9 Å². The molecule has 1 aliphatic rings. The van der Waals surface area contributed by atoms with Gasteiger partial charge in [-0.2, -0.15) is 0 Å². The van der Waals surface area contributed by atoms with Crippen LogP contribution in [0.2, 0.25) is 0 Å². The minimum absolute atomic E-state index is 0.238. The second-order valence-corrected chi connectivity index (χ2v) is 6.90. The van der Waals surface area contributed by atoms with Crippen LogP contribution in [0.15, 0.2) is 84.6 Å². The molecular weight excluding hydrogens is 376 g/mol. The predicted octanol–water partition coefficient (Wildman–Crippen LogP) is 4.79. The highest BCUT2D eigenvalue weighted by molar-refractivity contribution is 6.46. The Kier molecular flexibility index (Phi) is 5.35. The summed E-state index contributed by atoms with van der Waals surface area (Å²) in [6, 6.07) is 24.0. The third-order valence-corrected chi connectivity index (χ3v) is 4.95. The Morgan fingerprint density at radius 3 is 2.23 bits per heavy atom. The Morgan fingerprint density at radius 2 is 1.50 bits per heavy atom. The van der Waals surface area contributed by atoms with Crippen LogP contribution in [0.5, 0.6) is 5.75 Å². The minimum Gasteiger partial charge on any atom is -0.492 e. The Balaban J connectivity index is 1.84. The quantitative estimate of drug-likeness (QED) is 0.607. The first-order valence-corrected chi connectivity index (χ1v) is 9.84. The lowest BCUT2D eigenvalue weighted by Crippen LogP contribution is -2.33. The molecule has 0 saturated carbocycles. The number of hydrogen-bond donors (Lipinski definition) is 1. The van der Waals surface area contributed by atoms with Crippen molar-refractivity contribution in [1.29, 1.82) is 0 Å². The van der Waals surface area contributed by atoms with Gasteiger partial charge >= 0.3 is 0 Å². The maximum atomic E-state index is 13.5. The molecule has 1 heterocycles. The van der Waals surface area contributed by atoms with E-state index >= 15 is 0 Å². The zero-order valence-electron chi connectivity index (χ0n) is 16.9. The standard InChI is InChI=1S/C25H22N2O3/c1-3-30-21-16-10-8-14-19(21)26-23-22(18-12-5-4-6-13-18)24(28)27(25(23)29)20-15-9-7-11-17(20)2/h4-16,26H,3H2,1-2H3. The van der Waals surface area contributed by atoms with Crippen molar-refractivity contribution in [1.82, 2.24) is 0 Å². The fourth-order valence-corrected chi connectivity index (χ4v) is 3.54. The maximum Gasteiger partial charge on any atom is 0.282 e. The summed E-state index contributed by atoms with van der Waals surface area (Å²) in [5.74, 6) is -0.120. The molecular formula is C25H22N2O3. The first-order valence-electron chi connectivity index (χ1n) is 9.84. The Morgan fingerprint density at radius 1 is 0.833 bits per heavy atom. The van der Waals surface area contributed by atoms with Crippen LogP contribution in [-0.4, -0.2) is 18.4 Å². The number of benzene rings is 3. The highest BCUT2D eigenvalue weighted by Gasteiger charge is 2.40. The molecule has 0 bridgehead atoms. The number of aryl methyl sites for hydroxylation is 1. The molecule has 1 aliphatic heterocycles. The van der Waals surface area contributed by atoms with E-state index < -0.39 is 0 Å². The summed E-state index contributed by atoms with van der Waals surface area (Å²) in [7, 11) is 0. The summed E-state index contributed by atoms with van der Waals surface area (Å²) < 4.78 is 5.69. The van der Waals surface area contributed by atoms with Crippen LogP contribution < -0.4 is 15.0 Å². The van der Waals surface area contributed by atoms with Gasteiger partial charge in [-0.25, -0.2) is 4.90 Å². The molecule has 0 aromatic heterocycles. The van der Waals surface area contributed by atoms with Crippen molar-refractivity contribution in [2.75, 3.05) is 16.8 Å². The van der Waals surface area contributed by atoms with Crippen molar-refractivity contribution >= 4 is 28.8 Å². The van der Waals surface area contributed by atoms with Gasteiger partial charge in [-0.15, -0.1) is 0 Å². The molecule has 150 valence electrons. The van der Waals surface area contributed by atoms with Crippen LogP contribution >= 0.6 is 0 Å². The maximum absolute atomic E-state index is 13.5. The number of hydrogen-bond acceptors (Lipinski definition) is 4. The van der Waals surface area contributed by atoms with Gasteiger partial charge in [0, 0.05) is 0 Å². The van der Waals surface area contributed by atoms with Crippen molar-refractivity contribution < 1.29 is 14.3 Å². The zero-order chi connectivity index (χ0) is 21.1. The number of nitrogens with one attached hydrogen (secondary N) is 1. The van der Waals surface area contributed by atoms with Crippen molar-refractivity contribution in [3.8, 4) is 5.75 Å². The van der Waals surface area contributed by atoms with Crippen LogP contribution in [0.3, 0.4) is 0 Å². The molecule has 2 amide bonds. The number of para-hydroxylation sites is 3. The van der Waals surface area contributed by atoms with Crippen LogP contribution in [-0.2, 0) is 9.59 Å². The molecule has 0 unspecified atom stereocenters. The summed E-state index contributed by atoms with van der Waals surface area (Å²) in [6.45, 7) is 4.27. The van der Waals surface area contributed by atoms with Gasteiger partial charge in [-0.05, 0) is 43.2 Å². The summed E-state index contributed by atoms with van der Waals surface area (Å²) >= 11 is 0. The van der Waals surface area contributed by atoms with E-state index in [0.717, 1.165) is 5.56 Å². The van der Waals surface area contributed by atoms with Crippen molar-refractivity contribution in [3.63, 3.8) is 0 Å². The van der Waals surface area contributed by atoms with Gasteiger partial charge in [0.25, 0.3) is 11.8 Å². The average molecular weight is 398 g/mol. The van der Waals surface area contributed by atoms with Crippen LogP contribution in [0, 0.1) is 6.92 Å². The topological polar surface area (TPSA) is 58.6 Å². The molecule has 5 heteroatoms. The normalized spacial score (nSPS) is 13.7. The Labute approximate surface area is 175 Å². The number of nitrogens with zero attached hydrogens (tertiary/aromatic N) is 1. The molecule has 4 rings (SSSR count). The van der Waals surface area contributed by atoms with Gasteiger partial charge in [-0.1, -0.05) is 60.7 Å². The molecule has 0 radical (unpaired) electrons. The fraction of sp³-hybridized carbons (Fsp3) is 0.120. The van der Waals surface area contributed by atoms with E-state index in [1.54, 1.807) is 6.07 Å². The van der Waals surface area contributed by atoms with Crippen LogP contribution in [0.1, 0.15) is 18.1 Å². The number of imide groups is 1. The minimum atomic E-state index is -0.389. The lowest BCUT2D eigenvalue weighted by molar-refractivity contribution is -0.120. The summed E-state index contributed by atoms with van der Waals surface area (Å²) in [4.78, 5) is 28.2. The SMILES string of the molecule is CCOc1ccccc1NC1=C(c2ccccc2)C(=O)N(c2ccccc2C)C1=O. The highest BCUT2D eigenvalue weighted by atomic mass is 16.5. The first kappa shape index (κ1) is 19.5.